The average Bonchev–Trinajstić information content (AvgIpc) is 2.69. The number of aromatic nitrogens is 3. The average molecular weight is 463 g/mol. The minimum absolute atomic E-state index is 0.120. The second kappa shape index (κ2) is 7.60. The fraction of sp³-hybridized carbons (Fsp3) is 0. The Labute approximate surface area is 179 Å². The SMILES string of the molecule is O=c1[nH]c2cc(Cl)c(S(=O)(=O)Nc3ccc(-c4cccnc4)c(Cl)c3)cc2[nH]c1=O. The number of rotatable bonds is 4. The highest BCUT2D eigenvalue weighted by Crippen LogP contribution is 2.32. The molecule has 2 aromatic carbocycles. The van der Waals surface area contributed by atoms with Crippen molar-refractivity contribution < 1.29 is 8.42 Å². The van der Waals surface area contributed by atoms with Gasteiger partial charge in [-0.1, -0.05) is 35.3 Å². The number of sulfonamides is 1. The van der Waals surface area contributed by atoms with Gasteiger partial charge in [0.25, 0.3) is 10.0 Å². The smallest absolute Gasteiger partial charge is 0.314 e. The van der Waals surface area contributed by atoms with Gasteiger partial charge >= 0.3 is 11.1 Å². The molecule has 0 fully saturated rings. The highest BCUT2D eigenvalue weighted by atomic mass is 35.5. The largest absolute Gasteiger partial charge is 0.316 e. The molecule has 0 bridgehead atoms. The summed E-state index contributed by atoms with van der Waals surface area (Å²) >= 11 is 12.4. The number of anilines is 1. The van der Waals surface area contributed by atoms with Gasteiger partial charge in [0.05, 0.1) is 26.8 Å². The zero-order chi connectivity index (χ0) is 21.5. The fourth-order valence-electron chi connectivity index (χ4n) is 2.87. The Balaban J connectivity index is 1.72. The second-order valence-corrected chi connectivity index (χ2v) is 8.74. The molecular weight excluding hydrogens is 451 g/mol. The van der Waals surface area contributed by atoms with Gasteiger partial charge in [0, 0.05) is 23.5 Å². The molecule has 0 unspecified atom stereocenters. The van der Waals surface area contributed by atoms with Crippen LogP contribution >= 0.6 is 23.2 Å². The van der Waals surface area contributed by atoms with E-state index in [9.17, 15) is 18.0 Å². The molecule has 11 heteroatoms. The number of benzene rings is 2. The third-order valence-corrected chi connectivity index (χ3v) is 6.42. The molecule has 152 valence electrons. The van der Waals surface area contributed by atoms with Crippen LogP contribution in [0, 0.1) is 0 Å². The number of hydrogen-bond donors (Lipinski definition) is 3. The fourth-order valence-corrected chi connectivity index (χ4v) is 4.76. The van der Waals surface area contributed by atoms with E-state index in [4.69, 9.17) is 23.2 Å². The van der Waals surface area contributed by atoms with Crippen LogP contribution in [-0.4, -0.2) is 23.4 Å². The van der Waals surface area contributed by atoms with E-state index in [-0.39, 0.29) is 26.6 Å². The van der Waals surface area contributed by atoms with E-state index in [1.165, 1.54) is 18.2 Å². The molecule has 4 aromatic rings. The highest BCUT2D eigenvalue weighted by Gasteiger charge is 2.20. The van der Waals surface area contributed by atoms with Gasteiger partial charge in [-0.3, -0.25) is 19.3 Å². The van der Waals surface area contributed by atoms with Gasteiger partial charge in [-0.05, 0) is 30.3 Å². The van der Waals surface area contributed by atoms with Crippen LogP contribution in [0.1, 0.15) is 0 Å². The van der Waals surface area contributed by atoms with E-state index >= 15 is 0 Å². The zero-order valence-corrected chi connectivity index (χ0v) is 17.3. The molecular formula is C19H12Cl2N4O4S. The number of aromatic amines is 2. The van der Waals surface area contributed by atoms with Gasteiger partial charge in [0.15, 0.2) is 0 Å². The maximum absolute atomic E-state index is 12.9. The van der Waals surface area contributed by atoms with Crippen molar-refractivity contribution in [2.45, 2.75) is 4.90 Å². The van der Waals surface area contributed by atoms with Crippen molar-refractivity contribution in [2.75, 3.05) is 4.72 Å². The molecule has 30 heavy (non-hydrogen) atoms. The summed E-state index contributed by atoms with van der Waals surface area (Å²) < 4.78 is 28.2. The van der Waals surface area contributed by atoms with Crippen LogP contribution in [0.4, 0.5) is 5.69 Å². The normalized spacial score (nSPS) is 11.5. The zero-order valence-electron chi connectivity index (χ0n) is 14.9. The summed E-state index contributed by atoms with van der Waals surface area (Å²) in [6.45, 7) is 0. The highest BCUT2D eigenvalue weighted by molar-refractivity contribution is 7.92. The van der Waals surface area contributed by atoms with E-state index in [1.807, 2.05) is 6.07 Å². The van der Waals surface area contributed by atoms with Gasteiger partial charge in [0.2, 0.25) is 0 Å². The lowest BCUT2D eigenvalue weighted by molar-refractivity contribution is 0.601. The van der Waals surface area contributed by atoms with Crippen LogP contribution in [0.5, 0.6) is 0 Å². The number of nitrogens with zero attached hydrogens (tertiary/aromatic N) is 1. The van der Waals surface area contributed by atoms with Gasteiger partial charge in [-0.15, -0.1) is 0 Å². The molecule has 0 amide bonds. The molecule has 2 aromatic heterocycles. The molecule has 0 atom stereocenters. The first kappa shape index (κ1) is 20.1. The standard InChI is InChI=1S/C19H12Cl2N4O4S/c20-13-6-11(3-4-12(13)10-2-1-5-22-9-10)25-30(28,29)17-8-16-15(7-14(17)21)23-18(26)19(27)24-16/h1-9,25H,(H,23,26)(H,24,27). The summed E-state index contributed by atoms with van der Waals surface area (Å²) in [5.41, 5.74) is 0.250. The van der Waals surface area contributed by atoms with Crippen LogP contribution in [0.2, 0.25) is 10.0 Å². The van der Waals surface area contributed by atoms with Crippen molar-refractivity contribution in [3.8, 4) is 11.1 Å². The molecule has 0 aliphatic carbocycles. The van der Waals surface area contributed by atoms with Crippen molar-refractivity contribution >= 4 is 49.9 Å². The van der Waals surface area contributed by atoms with Gasteiger partial charge in [-0.2, -0.15) is 0 Å². The Hall–Kier alpha value is -3.14. The van der Waals surface area contributed by atoms with Crippen molar-refractivity contribution in [3.05, 3.63) is 85.6 Å². The first-order valence-corrected chi connectivity index (χ1v) is 10.7. The topological polar surface area (TPSA) is 125 Å². The molecule has 3 N–H and O–H groups in total. The number of halogens is 2. The molecule has 0 saturated heterocycles. The third kappa shape index (κ3) is 3.82. The van der Waals surface area contributed by atoms with Crippen molar-refractivity contribution in [1.82, 2.24) is 15.0 Å². The predicted octanol–water partition coefficient (Wildman–Crippen LogP) is 3.39. The molecule has 8 nitrogen and oxygen atoms in total. The minimum atomic E-state index is -4.12. The lowest BCUT2D eigenvalue weighted by Gasteiger charge is -2.12. The lowest BCUT2D eigenvalue weighted by atomic mass is 10.1. The van der Waals surface area contributed by atoms with Crippen LogP contribution in [0.3, 0.4) is 0 Å². The second-order valence-electron chi connectivity index (χ2n) is 6.28. The molecule has 0 spiro atoms. The van der Waals surface area contributed by atoms with Crippen molar-refractivity contribution in [3.63, 3.8) is 0 Å². The summed E-state index contributed by atoms with van der Waals surface area (Å²) in [4.78, 5) is 31.4. The van der Waals surface area contributed by atoms with Crippen LogP contribution in [-0.2, 0) is 10.0 Å². The van der Waals surface area contributed by atoms with Gasteiger partial charge < -0.3 is 9.97 Å². The molecule has 0 radical (unpaired) electrons. The Morgan fingerprint density at radius 3 is 2.23 bits per heavy atom. The van der Waals surface area contributed by atoms with Crippen LogP contribution in [0.25, 0.3) is 22.2 Å². The van der Waals surface area contributed by atoms with Crippen LogP contribution < -0.4 is 15.8 Å². The number of hydrogen-bond acceptors (Lipinski definition) is 5. The van der Waals surface area contributed by atoms with Gasteiger partial charge in [0.1, 0.15) is 4.90 Å². The quantitative estimate of drug-likeness (QED) is 0.400. The first-order valence-electron chi connectivity index (χ1n) is 8.43. The van der Waals surface area contributed by atoms with E-state index in [0.717, 1.165) is 5.56 Å². The van der Waals surface area contributed by atoms with Crippen molar-refractivity contribution in [2.24, 2.45) is 0 Å². The number of pyridine rings is 1. The maximum Gasteiger partial charge on any atom is 0.314 e. The summed E-state index contributed by atoms with van der Waals surface area (Å²) in [7, 11) is -4.12. The number of fused-ring (bicyclic) bond motifs is 1. The Morgan fingerprint density at radius 1 is 0.900 bits per heavy atom. The Kier molecular flexibility index (Phi) is 5.10. The summed E-state index contributed by atoms with van der Waals surface area (Å²) in [6, 6.07) is 10.7. The summed E-state index contributed by atoms with van der Waals surface area (Å²) in [5.74, 6) is 0. The van der Waals surface area contributed by atoms with E-state index in [1.54, 1.807) is 30.6 Å². The van der Waals surface area contributed by atoms with Crippen LogP contribution in [0.15, 0.2) is 69.3 Å². The summed E-state index contributed by atoms with van der Waals surface area (Å²) in [6.07, 6.45) is 3.28. The third-order valence-electron chi connectivity index (χ3n) is 4.26. The molecule has 4 rings (SSSR count). The Morgan fingerprint density at radius 2 is 1.60 bits per heavy atom. The Bertz CT molecular complexity index is 1500. The molecule has 0 aliphatic heterocycles. The first-order chi connectivity index (χ1) is 14.2. The summed E-state index contributed by atoms with van der Waals surface area (Å²) in [5, 5.41) is 0.200. The lowest BCUT2D eigenvalue weighted by Crippen LogP contribution is -2.29. The predicted molar refractivity (Wildman–Crippen MR) is 116 cm³/mol. The number of nitrogens with one attached hydrogen (secondary N) is 3. The van der Waals surface area contributed by atoms with E-state index < -0.39 is 21.1 Å². The molecule has 2 heterocycles. The maximum atomic E-state index is 12.9. The van der Waals surface area contributed by atoms with Crippen molar-refractivity contribution in [1.29, 1.82) is 0 Å². The molecule has 0 aliphatic rings. The molecule has 0 saturated carbocycles. The van der Waals surface area contributed by atoms with Gasteiger partial charge in [-0.25, -0.2) is 8.42 Å². The van der Waals surface area contributed by atoms with E-state index in [2.05, 4.69) is 19.7 Å². The minimum Gasteiger partial charge on any atom is -0.316 e. The number of H-pyrrole nitrogens is 2. The van der Waals surface area contributed by atoms with E-state index in [0.29, 0.717) is 10.6 Å². The monoisotopic (exact) mass is 462 g/mol.